The van der Waals surface area contributed by atoms with Crippen molar-refractivity contribution in [2.45, 2.75) is 11.3 Å². The second-order valence-corrected chi connectivity index (χ2v) is 8.78. The van der Waals surface area contributed by atoms with Crippen LogP contribution < -0.4 is 14.8 Å². The number of non-ortho nitro benzene ring substituents is 1. The van der Waals surface area contributed by atoms with Gasteiger partial charge in [-0.25, -0.2) is 8.42 Å². The van der Waals surface area contributed by atoms with Gasteiger partial charge in [0, 0.05) is 30.5 Å². The number of rotatable bonds is 6. The number of fused-ring (bicyclic) bond motifs is 1. The number of nitrogens with zero attached hydrogens (tertiary/aromatic N) is 1. The number of ether oxygens (including phenoxy) is 2. The molecule has 1 aliphatic heterocycles. The van der Waals surface area contributed by atoms with Crippen LogP contribution in [0.1, 0.15) is 15.9 Å². The number of carbonyl (C=O) groups excluding carboxylic acids is 1. The van der Waals surface area contributed by atoms with Crippen LogP contribution in [0, 0.1) is 10.1 Å². The van der Waals surface area contributed by atoms with E-state index in [0.29, 0.717) is 36.2 Å². The molecule has 0 saturated carbocycles. The summed E-state index contributed by atoms with van der Waals surface area (Å²) < 4.78 is 34.4. The molecule has 0 radical (unpaired) electrons. The van der Waals surface area contributed by atoms with E-state index in [1.807, 2.05) is 0 Å². The zero-order valence-corrected chi connectivity index (χ0v) is 16.9. The summed E-state index contributed by atoms with van der Waals surface area (Å²) in [5.41, 5.74) is 0.215. The minimum Gasteiger partial charge on any atom is -0.486 e. The smallest absolute Gasteiger partial charge is 0.271 e. The molecule has 1 N–H and O–H groups in total. The van der Waals surface area contributed by atoms with Gasteiger partial charge < -0.3 is 14.8 Å². The maximum absolute atomic E-state index is 12.4. The summed E-state index contributed by atoms with van der Waals surface area (Å²) in [6.07, 6.45) is 1.33. The normalized spacial score (nSPS) is 13.0. The molecule has 0 spiro atoms. The third-order valence-electron chi connectivity index (χ3n) is 4.15. The molecule has 0 saturated heterocycles. The minimum atomic E-state index is -3.72. The summed E-state index contributed by atoms with van der Waals surface area (Å²) >= 11 is 6.18. The first-order chi connectivity index (χ1) is 13.6. The van der Waals surface area contributed by atoms with Gasteiger partial charge in [-0.1, -0.05) is 11.6 Å². The number of nitro groups is 1. The van der Waals surface area contributed by atoms with Crippen molar-refractivity contribution in [2.75, 3.05) is 26.0 Å². The summed E-state index contributed by atoms with van der Waals surface area (Å²) in [6, 6.07) is 6.53. The highest BCUT2D eigenvalue weighted by atomic mass is 35.5. The summed E-state index contributed by atoms with van der Waals surface area (Å²) in [5.74, 6) is 0.388. The standard InChI is InChI=1S/C18H17ClN2O7S/c1-29(25,26)14-9-12(8-13(10-14)21(23)24)18(22)20-3-2-11-6-15(19)17-16(7-11)27-4-5-28-17/h6-10H,2-5H2,1H3,(H,20,22). The van der Waals surface area contributed by atoms with Gasteiger partial charge in [0.1, 0.15) is 13.2 Å². The Morgan fingerprint density at radius 3 is 2.62 bits per heavy atom. The second kappa shape index (κ2) is 8.26. The quantitative estimate of drug-likeness (QED) is 0.540. The Labute approximate surface area is 171 Å². The van der Waals surface area contributed by atoms with Gasteiger partial charge in [-0.2, -0.15) is 0 Å². The molecule has 1 amide bonds. The maximum Gasteiger partial charge on any atom is 0.271 e. The van der Waals surface area contributed by atoms with Crippen molar-refractivity contribution in [3.63, 3.8) is 0 Å². The van der Waals surface area contributed by atoms with E-state index in [9.17, 15) is 23.3 Å². The average molecular weight is 441 g/mol. The SMILES string of the molecule is CS(=O)(=O)c1cc(C(=O)NCCc2cc(Cl)c3c(c2)OCCO3)cc([N+](=O)[O-])c1. The lowest BCUT2D eigenvalue weighted by Crippen LogP contribution is -2.26. The Morgan fingerprint density at radius 2 is 1.93 bits per heavy atom. The monoisotopic (exact) mass is 440 g/mol. The van der Waals surface area contributed by atoms with Crippen LogP contribution in [0.25, 0.3) is 0 Å². The van der Waals surface area contributed by atoms with Crippen molar-refractivity contribution in [1.29, 1.82) is 0 Å². The van der Waals surface area contributed by atoms with E-state index in [2.05, 4.69) is 5.32 Å². The third kappa shape index (κ3) is 4.96. The lowest BCUT2D eigenvalue weighted by molar-refractivity contribution is -0.385. The topological polar surface area (TPSA) is 125 Å². The van der Waals surface area contributed by atoms with Gasteiger partial charge in [-0.15, -0.1) is 0 Å². The molecule has 0 fully saturated rings. The fourth-order valence-corrected chi connectivity index (χ4v) is 3.73. The molecule has 0 atom stereocenters. The molecule has 2 aromatic rings. The van der Waals surface area contributed by atoms with Crippen LogP contribution in [0.2, 0.25) is 5.02 Å². The molecule has 1 heterocycles. The molecular weight excluding hydrogens is 424 g/mol. The second-order valence-electron chi connectivity index (χ2n) is 6.35. The Balaban J connectivity index is 1.72. The van der Waals surface area contributed by atoms with E-state index in [0.717, 1.165) is 30.0 Å². The van der Waals surface area contributed by atoms with Crippen molar-refractivity contribution in [3.05, 3.63) is 56.6 Å². The van der Waals surface area contributed by atoms with E-state index in [1.54, 1.807) is 12.1 Å². The fraction of sp³-hybridized carbons (Fsp3) is 0.278. The Bertz CT molecular complexity index is 1090. The van der Waals surface area contributed by atoms with Gasteiger partial charge in [0.25, 0.3) is 11.6 Å². The van der Waals surface area contributed by atoms with Crippen molar-refractivity contribution < 1.29 is 27.6 Å². The Morgan fingerprint density at radius 1 is 1.21 bits per heavy atom. The molecular formula is C18H17ClN2O7S. The number of benzene rings is 2. The molecule has 0 aromatic heterocycles. The summed E-state index contributed by atoms with van der Waals surface area (Å²) in [7, 11) is -3.72. The van der Waals surface area contributed by atoms with E-state index >= 15 is 0 Å². The Kier molecular flexibility index (Phi) is 5.94. The van der Waals surface area contributed by atoms with E-state index in [4.69, 9.17) is 21.1 Å². The molecule has 29 heavy (non-hydrogen) atoms. The van der Waals surface area contributed by atoms with Crippen LogP contribution in [-0.4, -0.2) is 45.3 Å². The Hall–Kier alpha value is -2.85. The van der Waals surface area contributed by atoms with Crippen LogP contribution in [0.5, 0.6) is 11.5 Å². The van der Waals surface area contributed by atoms with E-state index in [-0.39, 0.29) is 17.0 Å². The number of amides is 1. The number of sulfone groups is 1. The van der Waals surface area contributed by atoms with Crippen LogP contribution in [0.3, 0.4) is 0 Å². The average Bonchev–Trinajstić information content (AvgIpc) is 2.67. The molecule has 0 aliphatic carbocycles. The van der Waals surface area contributed by atoms with Gasteiger partial charge in [0.2, 0.25) is 0 Å². The molecule has 0 unspecified atom stereocenters. The highest BCUT2D eigenvalue weighted by Crippen LogP contribution is 2.38. The first-order valence-electron chi connectivity index (χ1n) is 8.51. The summed E-state index contributed by atoms with van der Waals surface area (Å²) in [4.78, 5) is 22.4. The highest BCUT2D eigenvalue weighted by molar-refractivity contribution is 7.90. The van der Waals surface area contributed by atoms with Crippen molar-refractivity contribution in [1.82, 2.24) is 5.32 Å². The van der Waals surface area contributed by atoms with Crippen molar-refractivity contribution in [2.24, 2.45) is 0 Å². The predicted octanol–water partition coefficient (Wildman–Crippen LogP) is 2.40. The summed E-state index contributed by atoms with van der Waals surface area (Å²) in [5, 5.41) is 14.1. The molecule has 3 rings (SSSR count). The van der Waals surface area contributed by atoms with Crippen LogP contribution in [0.15, 0.2) is 35.2 Å². The maximum atomic E-state index is 12.4. The van der Waals surface area contributed by atoms with E-state index < -0.39 is 26.4 Å². The minimum absolute atomic E-state index is 0.111. The number of carbonyl (C=O) groups is 1. The van der Waals surface area contributed by atoms with Gasteiger partial charge in [-0.05, 0) is 30.2 Å². The molecule has 0 bridgehead atoms. The van der Waals surface area contributed by atoms with Crippen LogP contribution >= 0.6 is 11.6 Å². The number of halogens is 1. The van der Waals surface area contributed by atoms with Crippen molar-refractivity contribution in [3.8, 4) is 11.5 Å². The predicted molar refractivity (Wildman–Crippen MR) is 105 cm³/mol. The van der Waals surface area contributed by atoms with Gasteiger partial charge >= 0.3 is 0 Å². The lowest BCUT2D eigenvalue weighted by Gasteiger charge is -2.20. The zero-order valence-electron chi connectivity index (χ0n) is 15.3. The molecule has 9 nitrogen and oxygen atoms in total. The summed E-state index contributed by atoms with van der Waals surface area (Å²) in [6.45, 7) is 1.03. The molecule has 1 aliphatic rings. The first kappa shape index (κ1) is 20.9. The fourth-order valence-electron chi connectivity index (χ4n) is 2.76. The van der Waals surface area contributed by atoms with Crippen LogP contribution in [-0.2, 0) is 16.3 Å². The van der Waals surface area contributed by atoms with Gasteiger partial charge in [0.15, 0.2) is 21.3 Å². The number of nitrogens with one attached hydrogen (secondary N) is 1. The molecule has 154 valence electrons. The van der Waals surface area contributed by atoms with Crippen LogP contribution in [0.4, 0.5) is 5.69 Å². The van der Waals surface area contributed by atoms with Gasteiger partial charge in [-0.3, -0.25) is 14.9 Å². The highest BCUT2D eigenvalue weighted by Gasteiger charge is 2.20. The molecule has 11 heteroatoms. The third-order valence-corrected chi connectivity index (χ3v) is 5.52. The number of hydrogen-bond donors (Lipinski definition) is 1. The van der Waals surface area contributed by atoms with Crippen molar-refractivity contribution >= 4 is 33.0 Å². The first-order valence-corrected chi connectivity index (χ1v) is 10.8. The largest absolute Gasteiger partial charge is 0.486 e. The number of nitro benzene ring substituents is 1. The zero-order chi connectivity index (χ0) is 21.2. The lowest BCUT2D eigenvalue weighted by atomic mass is 10.1. The van der Waals surface area contributed by atoms with E-state index in [1.165, 1.54) is 0 Å². The molecule has 2 aromatic carbocycles. The number of hydrogen-bond acceptors (Lipinski definition) is 7. The van der Waals surface area contributed by atoms with Gasteiger partial charge in [0.05, 0.1) is 14.8 Å².